The first-order valence-corrected chi connectivity index (χ1v) is 9.58. The highest BCUT2D eigenvalue weighted by atomic mass is 16.5. The van der Waals surface area contributed by atoms with Gasteiger partial charge in [0.1, 0.15) is 5.75 Å². The second kappa shape index (κ2) is 8.22. The van der Waals surface area contributed by atoms with Crippen LogP contribution in [-0.2, 0) is 0 Å². The number of rotatable bonds is 5. The summed E-state index contributed by atoms with van der Waals surface area (Å²) in [5.74, 6) is 0.911. The summed E-state index contributed by atoms with van der Waals surface area (Å²) in [6.07, 6.45) is 0.750. The van der Waals surface area contributed by atoms with Crippen LogP contribution >= 0.6 is 0 Å². The van der Waals surface area contributed by atoms with E-state index in [1.54, 1.807) is 7.11 Å². The molecule has 0 amide bonds. The van der Waals surface area contributed by atoms with E-state index in [9.17, 15) is 4.79 Å². The molecule has 3 nitrogen and oxygen atoms in total. The number of benzene rings is 3. The van der Waals surface area contributed by atoms with Crippen LogP contribution in [0, 0.1) is 5.92 Å². The molecule has 2 atom stereocenters. The molecule has 0 spiro atoms. The van der Waals surface area contributed by atoms with E-state index < -0.39 is 0 Å². The zero-order valence-corrected chi connectivity index (χ0v) is 15.9. The summed E-state index contributed by atoms with van der Waals surface area (Å²) in [5.41, 5.74) is 4.10. The molecule has 28 heavy (non-hydrogen) atoms. The van der Waals surface area contributed by atoms with Crippen molar-refractivity contribution in [2.24, 2.45) is 10.9 Å². The molecule has 4 rings (SSSR count). The molecule has 1 aliphatic heterocycles. The molecule has 140 valence electrons. The van der Waals surface area contributed by atoms with E-state index in [1.807, 2.05) is 60.7 Å². The molecule has 1 aliphatic rings. The number of ether oxygens (including phenoxy) is 1. The molecule has 0 fully saturated rings. The van der Waals surface area contributed by atoms with Gasteiger partial charge in [-0.25, -0.2) is 0 Å². The van der Waals surface area contributed by atoms with Gasteiger partial charge in [0.25, 0.3) is 0 Å². The second-order valence-electron chi connectivity index (χ2n) is 7.07. The van der Waals surface area contributed by atoms with Gasteiger partial charge in [-0.1, -0.05) is 72.8 Å². The van der Waals surface area contributed by atoms with Gasteiger partial charge in [0.15, 0.2) is 5.78 Å². The normalized spacial score (nSPS) is 19.0. The zero-order valence-electron chi connectivity index (χ0n) is 15.9. The van der Waals surface area contributed by atoms with Crippen molar-refractivity contribution in [3.8, 4) is 5.75 Å². The Morgan fingerprint density at radius 3 is 2.18 bits per heavy atom. The van der Waals surface area contributed by atoms with Gasteiger partial charge < -0.3 is 4.74 Å². The minimum absolute atomic E-state index is 0.0892. The lowest BCUT2D eigenvalue weighted by Crippen LogP contribution is -2.31. The summed E-state index contributed by atoms with van der Waals surface area (Å²) >= 11 is 0. The zero-order chi connectivity index (χ0) is 19.3. The van der Waals surface area contributed by atoms with Crippen molar-refractivity contribution in [3.05, 3.63) is 102 Å². The third-order valence-corrected chi connectivity index (χ3v) is 5.42. The van der Waals surface area contributed by atoms with Crippen LogP contribution in [0.2, 0.25) is 0 Å². The van der Waals surface area contributed by atoms with Crippen LogP contribution in [0.5, 0.6) is 5.75 Å². The van der Waals surface area contributed by atoms with Gasteiger partial charge >= 0.3 is 0 Å². The Bertz CT molecular complexity index is 962. The number of methoxy groups -OCH3 is 1. The van der Waals surface area contributed by atoms with Crippen molar-refractivity contribution in [1.82, 2.24) is 0 Å². The number of Topliss-reactive ketones (excluding diaryl/α,β-unsaturated/α-hetero) is 1. The summed E-state index contributed by atoms with van der Waals surface area (Å²) < 4.78 is 5.30. The van der Waals surface area contributed by atoms with Crippen LogP contribution in [0.15, 0.2) is 89.9 Å². The molecule has 0 bridgehead atoms. The first-order chi connectivity index (χ1) is 13.8. The van der Waals surface area contributed by atoms with Gasteiger partial charge in [-0.2, -0.15) is 0 Å². The number of ketones is 1. The molecule has 0 aliphatic carbocycles. The maximum Gasteiger partial charge on any atom is 0.168 e. The van der Waals surface area contributed by atoms with Crippen LogP contribution in [0.4, 0.5) is 0 Å². The van der Waals surface area contributed by atoms with Gasteiger partial charge in [0.05, 0.1) is 7.11 Å². The van der Waals surface area contributed by atoms with E-state index in [4.69, 9.17) is 9.73 Å². The molecule has 3 aromatic rings. The molecule has 0 saturated heterocycles. The molecule has 3 aromatic carbocycles. The van der Waals surface area contributed by atoms with Gasteiger partial charge in [-0.15, -0.1) is 0 Å². The topological polar surface area (TPSA) is 38.7 Å². The first kappa shape index (κ1) is 18.2. The monoisotopic (exact) mass is 369 g/mol. The van der Waals surface area contributed by atoms with E-state index in [-0.39, 0.29) is 17.6 Å². The number of hydrogen-bond acceptors (Lipinski definition) is 3. The van der Waals surface area contributed by atoms with Gasteiger partial charge in [0.2, 0.25) is 0 Å². The highest BCUT2D eigenvalue weighted by Gasteiger charge is 2.34. The molecule has 1 heterocycles. The number of hydrogen-bond donors (Lipinski definition) is 0. The molecule has 0 aromatic heterocycles. The molecule has 3 heteroatoms. The van der Waals surface area contributed by atoms with Crippen molar-refractivity contribution in [1.29, 1.82) is 0 Å². The predicted molar refractivity (Wildman–Crippen MR) is 112 cm³/mol. The first-order valence-electron chi connectivity index (χ1n) is 9.58. The quantitative estimate of drug-likeness (QED) is 0.582. The largest absolute Gasteiger partial charge is 0.497 e. The van der Waals surface area contributed by atoms with Gasteiger partial charge in [0, 0.05) is 29.7 Å². The fourth-order valence-corrected chi connectivity index (χ4v) is 3.87. The molecular formula is C25H23NO2. The second-order valence-corrected chi connectivity index (χ2v) is 7.07. The standard InChI is InChI=1S/C25H23NO2/c1-28-21-14-12-18(13-15-21)22-16-24(19-8-4-2-5-9-19)26-17-23(22)25(27)20-10-6-3-7-11-20/h2-15,22-23H,16-17H2,1H3. The average molecular weight is 369 g/mol. The maximum absolute atomic E-state index is 13.3. The van der Waals surface area contributed by atoms with Crippen LogP contribution < -0.4 is 4.74 Å². The van der Waals surface area contributed by atoms with Crippen LogP contribution in [-0.4, -0.2) is 25.1 Å². The third kappa shape index (κ3) is 3.74. The Hall–Kier alpha value is -3.20. The minimum Gasteiger partial charge on any atom is -0.497 e. The lowest BCUT2D eigenvalue weighted by Gasteiger charge is -2.30. The molecule has 0 saturated carbocycles. The van der Waals surface area contributed by atoms with E-state index in [0.29, 0.717) is 6.54 Å². The Balaban J connectivity index is 1.70. The maximum atomic E-state index is 13.3. The highest BCUT2D eigenvalue weighted by Crippen LogP contribution is 2.36. The van der Waals surface area contributed by atoms with Crippen LogP contribution in [0.25, 0.3) is 0 Å². The summed E-state index contributed by atoms with van der Waals surface area (Å²) in [6.45, 7) is 0.509. The Kier molecular flexibility index (Phi) is 5.34. The number of aliphatic imine (C=N–C) groups is 1. The summed E-state index contributed by atoms with van der Waals surface area (Å²) in [7, 11) is 1.66. The molecule has 0 N–H and O–H groups in total. The third-order valence-electron chi connectivity index (χ3n) is 5.42. The fourth-order valence-electron chi connectivity index (χ4n) is 3.87. The molecular weight excluding hydrogens is 346 g/mol. The summed E-state index contributed by atoms with van der Waals surface area (Å²) in [5, 5.41) is 0. The molecule has 2 unspecified atom stereocenters. The molecule has 0 radical (unpaired) electrons. The number of carbonyl (C=O) groups is 1. The van der Waals surface area contributed by atoms with Crippen LogP contribution in [0.3, 0.4) is 0 Å². The van der Waals surface area contributed by atoms with Gasteiger partial charge in [-0.3, -0.25) is 9.79 Å². The van der Waals surface area contributed by atoms with Crippen molar-refractivity contribution < 1.29 is 9.53 Å². The fraction of sp³-hybridized carbons (Fsp3) is 0.200. The Morgan fingerprint density at radius 2 is 1.54 bits per heavy atom. The van der Waals surface area contributed by atoms with E-state index >= 15 is 0 Å². The van der Waals surface area contributed by atoms with Crippen molar-refractivity contribution in [3.63, 3.8) is 0 Å². The lowest BCUT2D eigenvalue weighted by atomic mass is 9.76. The predicted octanol–water partition coefficient (Wildman–Crippen LogP) is 5.17. The van der Waals surface area contributed by atoms with Crippen LogP contribution in [0.1, 0.15) is 33.8 Å². The summed E-state index contributed by atoms with van der Waals surface area (Å²) in [4.78, 5) is 18.1. The highest BCUT2D eigenvalue weighted by molar-refractivity contribution is 6.04. The van der Waals surface area contributed by atoms with Crippen molar-refractivity contribution in [2.75, 3.05) is 13.7 Å². The Morgan fingerprint density at radius 1 is 0.893 bits per heavy atom. The van der Waals surface area contributed by atoms with E-state index in [2.05, 4.69) is 24.3 Å². The SMILES string of the molecule is COc1ccc(C2CC(c3ccccc3)=NCC2C(=O)c2ccccc2)cc1. The minimum atomic E-state index is -0.164. The lowest BCUT2D eigenvalue weighted by molar-refractivity contribution is 0.0903. The number of carbonyl (C=O) groups excluding carboxylic acids is 1. The van der Waals surface area contributed by atoms with Crippen molar-refractivity contribution >= 4 is 11.5 Å². The van der Waals surface area contributed by atoms with Crippen molar-refractivity contribution in [2.45, 2.75) is 12.3 Å². The number of nitrogens with zero attached hydrogens (tertiary/aromatic N) is 1. The average Bonchev–Trinajstić information content (AvgIpc) is 2.79. The smallest absolute Gasteiger partial charge is 0.168 e. The summed E-state index contributed by atoms with van der Waals surface area (Å²) in [6, 6.07) is 27.9. The van der Waals surface area contributed by atoms with E-state index in [0.717, 1.165) is 34.6 Å². The Labute approximate surface area is 165 Å². The van der Waals surface area contributed by atoms with E-state index in [1.165, 1.54) is 0 Å². The van der Waals surface area contributed by atoms with Gasteiger partial charge in [-0.05, 0) is 29.7 Å².